The van der Waals surface area contributed by atoms with Crippen LogP contribution in [0.4, 0.5) is 5.69 Å². The highest BCUT2D eigenvalue weighted by Crippen LogP contribution is 2.20. The van der Waals surface area contributed by atoms with Crippen molar-refractivity contribution < 1.29 is 14.3 Å². The maximum absolute atomic E-state index is 11.9. The van der Waals surface area contributed by atoms with Gasteiger partial charge in [0, 0.05) is 5.69 Å². The molecule has 1 N–H and O–H groups in total. The molecule has 0 atom stereocenters. The summed E-state index contributed by atoms with van der Waals surface area (Å²) in [6.07, 6.45) is 2.38. The molecule has 2 aromatic rings. The van der Waals surface area contributed by atoms with Crippen LogP contribution >= 0.6 is 0 Å². The lowest BCUT2D eigenvalue weighted by Gasteiger charge is -2.06. The van der Waals surface area contributed by atoms with E-state index in [4.69, 9.17) is 4.74 Å². The number of anilines is 1. The van der Waals surface area contributed by atoms with Crippen molar-refractivity contribution in [1.82, 2.24) is 0 Å². The maximum Gasteiger partial charge on any atom is 0.338 e. The molecule has 0 unspecified atom stereocenters. The predicted octanol–water partition coefficient (Wildman–Crippen LogP) is 2.97. The lowest BCUT2D eigenvalue weighted by molar-refractivity contribution is -0.133. The number of amides is 1. The van der Waals surface area contributed by atoms with Gasteiger partial charge in [-0.2, -0.15) is 0 Å². The number of nitrogens with one attached hydrogen (secondary N) is 1. The molecular formula is C17H15NO3. The molecule has 4 heteroatoms. The standard InChI is InChI=1S/C17H15NO3/c1-21-17(20)16(14-5-3-2-4-6-14)11-13-7-9-15(10-8-13)18-12-19/h2-12H,1H3,(H,18,19). The Hall–Kier alpha value is -2.88. The largest absolute Gasteiger partial charge is 0.465 e. The van der Waals surface area contributed by atoms with Crippen LogP contribution in [-0.4, -0.2) is 19.5 Å². The van der Waals surface area contributed by atoms with E-state index in [0.717, 1.165) is 11.1 Å². The summed E-state index contributed by atoms with van der Waals surface area (Å²) in [6.45, 7) is 0. The third-order valence-corrected chi connectivity index (χ3v) is 2.94. The number of methoxy groups -OCH3 is 1. The third-order valence-electron chi connectivity index (χ3n) is 2.94. The molecule has 4 nitrogen and oxygen atoms in total. The van der Waals surface area contributed by atoms with E-state index in [9.17, 15) is 9.59 Å². The van der Waals surface area contributed by atoms with Crippen molar-refractivity contribution in [2.75, 3.05) is 12.4 Å². The Morgan fingerprint density at radius 3 is 2.29 bits per heavy atom. The van der Waals surface area contributed by atoms with Gasteiger partial charge in [0.05, 0.1) is 12.7 Å². The average molecular weight is 281 g/mol. The second kappa shape index (κ2) is 7.05. The summed E-state index contributed by atoms with van der Waals surface area (Å²) in [7, 11) is 1.36. The van der Waals surface area contributed by atoms with Crippen LogP contribution in [0.15, 0.2) is 54.6 Å². The van der Waals surface area contributed by atoms with E-state index in [1.54, 1.807) is 18.2 Å². The first-order valence-electron chi connectivity index (χ1n) is 6.40. The van der Waals surface area contributed by atoms with Gasteiger partial charge in [0.25, 0.3) is 0 Å². The summed E-state index contributed by atoms with van der Waals surface area (Å²) in [5.74, 6) is -0.392. The number of hydrogen-bond donors (Lipinski definition) is 1. The highest BCUT2D eigenvalue weighted by molar-refractivity contribution is 6.21. The summed E-state index contributed by atoms with van der Waals surface area (Å²) in [4.78, 5) is 22.3. The molecular weight excluding hydrogens is 266 g/mol. The minimum atomic E-state index is -0.392. The molecule has 0 aliphatic rings. The van der Waals surface area contributed by atoms with Gasteiger partial charge in [-0.3, -0.25) is 4.79 Å². The molecule has 0 aliphatic heterocycles. The number of esters is 1. The molecule has 0 bridgehead atoms. The van der Waals surface area contributed by atoms with Crippen molar-refractivity contribution in [3.63, 3.8) is 0 Å². The Balaban J connectivity index is 2.36. The quantitative estimate of drug-likeness (QED) is 0.397. The molecule has 0 radical (unpaired) electrons. The van der Waals surface area contributed by atoms with Gasteiger partial charge in [-0.15, -0.1) is 0 Å². The molecule has 0 fully saturated rings. The molecule has 0 aromatic heterocycles. The fourth-order valence-corrected chi connectivity index (χ4v) is 1.90. The molecule has 0 spiro atoms. The Labute approximate surface area is 123 Å². The van der Waals surface area contributed by atoms with Crippen LogP contribution in [0.1, 0.15) is 11.1 Å². The minimum Gasteiger partial charge on any atom is -0.465 e. The molecule has 0 heterocycles. The van der Waals surface area contributed by atoms with Gasteiger partial charge < -0.3 is 10.1 Å². The second-order valence-electron chi connectivity index (χ2n) is 4.30. The molecule has 0 saturated heterocycles. The fraction of sp³-hybridized carbons (Fsp3) is 0.0588. The van der Waals surface area contributed by atoms with Crippen molar-refractivity contribution in [3.05, 3.63) is 65.7 Å². The number of carbonyl (C=O) groups is 2. The number of hydrogen-bond acceptors (Lipinski definition) is 3. The van der Waals surface area contributed by atoms with E-state index in [-0.39, 0.29) is 0 Å². The summed E-state index contributed by atoms with van der Waals surface area (Å²) in [5.41, 5.74) is 2.81. The van der Waals surface area contributed by atoms with E-state index in [1.165, 1.54) is 7.11 Å². The Morgan fingerprint density at radius 2 is 1.71 bits per heavy atom. The van der Waals surface area contributed by atoms with Crippen molar-refractivity contribution >= 4 is 29.7 Å². The second-order valence-corrected chi connectivity index (χ2v) is 4.30. The zero-order valence-electron chi connectivity index (χ0n) is 11.6. The van der Waals surface area contributed by atoms with Gasteiger partial charge in [0.15, 0.2) is 0 Å². The molecule has 2 rings (SSSR count). The maximum atomic E-state index is 11.9. The van der Waals surface area contributed by atoms with E-state index in [2.05, 4.69) is 5.32 Å². The van der Waals surface area contributed by atoms with Crippen LogP contribution in [0, 0.1) is 0 Å². The molecule has 2 aromatic carbocycles. The van der Waals surface area contributed by atoms with Crippen LogP contribution < -0.4 is 5.32 Å². The molecule has 0 aliphatic carbocycles. The van der Waals surface area contributed by atoms with Gasteiger partial charge in [-0.1, -0.05) is 42.5 Å². The lowest BCUT2D eigenvalue weighted by atomic mass is 10.0. The first-order chi connectivity index (χ1) is 10.2. The van der Waals surface area contributed by atoms with Gasteiger partial charge >= 0.3 is 5.97 Å². The van der Waals surface area contributed by atoms with Crippen molar-refractivity contribution in [2.45, 2.75) is 0 Å². The number of rotatable bonds is 5. The predicted molar refractivity (Wildman–Crippen MR) is 82.5 cm³/mol. The lowest BCUT2D eigenvalue weighted by Crippen LogP contribution is -2.03. The highest BCUT2D eigenvalue weighted by atomic mass is 16.5. The number of benzene rings is 2. The first kappa shape index (κ1) is 14.5. The van der Waals surface area contributed by atoms with Crippen LogP contribution in [0.3, 0.4) is 0 Å². The highest BCUT2D eigenvalue weighted by Gasteiger charge is 2.11. The Bertz CT molecular complexity index is 645. The van der Waals surface area contributed by atoms with E-state index in [1.807, 2.05) is 42.5 Å². The van der Waals surface area contributed by atoms with E-state index >= 15 is 0 Å². The average Bonchev–Trinajstić information content (AvgIpc) is 2.54. The van der Waals surface area contributed by atoms with Crippen LogP contribution in [-0.2, 0) is 14.3 Å². The van der Waals surface area contributed by atoms with E-state index in [0.29, 0.717) is 17.7 Å². The summed E-state index contributed by atoms with van der Waals surface area (Å²) >= 11 is 0. The third kappa shape index (κ3) is 3.79. The van der Waals surface area contributed by atoms with Gasteiger partial charge in [0.2, 0.25) is 6.41 Å². The zero-order chi connectivity index (χ0) is 15.1. The van der Waals surface area contributed by atoms with Crippen molar-refractivity contribution in [2.24, 2.45) is 0 Å². The molecule has 21 heavy (non-hydrogen) atoms. The number of ether oxygens (including phenoxy) is 1. The summed E-state index contributed by atoms with van der Waals surface area (Å²) in [5, 5.41) is 2.56. The van der Waals surface area contributed by atoms with E-state index < -0.39 is 5.97 Å². The van der Waals surface area contributed by atoms with Crippen molar-refractivity contribution in [1.29, 1.82) is 0 Å². The van der Waals surface area contributed by atoms with Gasteiger partial charge in [-0.25, -0.2) is 4.79 Å². The van der Waals surface area contributed by atoms with Crippen LogP contribution in [0.5, 0.6) is 0 Å². The van der Waals surface area contributed by atoms with Crippen LogP contribution in [0.25, 0.3) is 11.6 Å². The SMILES string of the molecule is COC(=O)C(=Cc1ccc(NC=O)cc1)c1ccccc1. The fourth-order valence-electron chi connectivity index (χ4n) is 1.90. The summed E-state index contributed by atoms with van der Waals surface area (Å²) in [6, 6.07) is 16.5. The molecule has 106 valence electrons. The molecule has 0 saturated carbocycles. The van der Waals surface area contributed by atoms with Gasteiger partial charge in [-0.05, 0) is 29.3 Å². The van der Waals surface area contributed by atoms with Gasteiger partial charge in [0.1, 0.15) is 0 Å². The van der Waals surface area contributed by atoms with Crippen molar-refractivity contribution in [3.8, 4) is 0 Å². The number of carbonyl (C=O) groups excluding carboxylic acids is 2. The monoisotopic (exact) mass is 281 g/mol. The first-order valence-corrected chi connectivity index (χ1v) is 6.40. The molecule has 1 amide bonds. The Morgan fingerprint density at radius 1 is 1.05 bits per heavy atom. The normalized spacial score (nSPS) is 10.8. The van der Waals surface area contributed by atoms with Crippen LogP contribution in [0.2, 0.25) is 0 Å². The minimum absolute atomic E-state index is 0.392. The zero-order valence-corrected chi connectivity index (χ0v) is 11.6. The smallest absolute Gasteiger partial charge is 0.338 e. The topological polar surface area (TPSA) is 55.4 Å². The summed E-state index contributed by atoms with van der Waals surface area (Å²) < 4.78 is 4.84. The Kier molecular flexibility index (Phi) is 4.88.